The molecule has 3 N–H and O–H groups in total. The lowest BCUT2D eigenvalue weighted by Crippen LogP contribution is -2.19. The summed E-state index contributed by atoms with van der Waals surface area (Å²) in [5.74, 6) is -0.214. The first kappa shape index (κ1) is 13.5. The zero-order valence-electron chi connectivity index (χ0n) is 11.2. The number of nitrogens with two attached hydrogens (primary N) is 1. The molecule has 0 radical (unpaired) electrons. The van der Waals surface area contributed by atoms with Gasteiger partial charge in [-0.15, -0.1) is 0 Å². The molecule has 0 aliphatic heterocycles. The van der Waals surface area contributed by atoms with E-state index in [0.29, 0.717) is 12.1 Å². The third kappa shape index (κ3) is 3.29. The minimum Gasteiger partial charge on any atom is -0.398 e. The fraction of sp³-hybridized carbons (Fsp3) is 0.267. The highest BCUT2D eigenvalue weighted by Crippen LogP contribution is 2.22. The molecule has 2 aromatic rings. The maximum atomic E-state index is 13.5. The second kappa shape index (κ2) is 5.80. The van der Waals surface area contributed by atoms with E-state index < -0.39 is 0 Å². The fourth-order valence-corrected chi connectivity index (χ4v) is 2.18. The van der Waals surface area contributed by atoms with Gasteiger partial charge in [0.2, 0.25) is 0 Å². The summed E-state index contributed by atoms with van der Waals surface area (Å²) in [7, 11) is 1.86. The first-order valence-corrected chi connectivity index (χ1v) is 6.23. The summed E-state index contributed by atoms with van der Waals surface area (Å²) in [6.45, 7) is 1.89. The van der Waals surface area contributed by atoms with Crippen molar-refractivity contribution < 1.29 is 4.39 Å². The van der Waals surface area contributed by atoms with E-state index in [4.69, 9.17) is 5.73 Å². The summed E-state index contributed by atoms with van der Waals surface area (Å²) in [5, 5.41) is 3.20. The third-order valence-electron chi connectivity index (χ3n) is 3.18. The topological polar surface area (TPSA) is 50.9 Å². The zero-order chi connectivity index (χ0) is 13.8. The normalized spacial score (nSPS) is 12.4. The van der Waals surface area contributed by atoms with Gasteiger partial charge >= 0.3 is 0 Å². The molecular weight excluding hydrogens is 241 g/mol. The molecule has 100 valence electrons. The molecule has 19 heavy (non-hydrogen) atoms. The minimum atomic E-state index is -0.214. The molecule has 0 amide bonds. The van der Waals surface area contributed by atoms with Crippen molar-refractivity contribution in [1.29, 1.82) is 0 Å². The number of halogens is 1. The van der Waals surface area contributed by atoms with Gasteiger partial charge in [-0.2, -0.15) is 0 Å². The number of nitrogen functional groups attached to an aromatic ring is 1. The van der Waals surface area contributed by atoms with E-state index in [1.54, 1.807) is 24.5 Å². The number of hydrogen-bond donors (Lipinski definition) is 2. The Morgan fingerprint density at radius 3 is 2.79 bits per heavy atom. The van der Waals surface area contributed by atoms with Crippen LogP contribution < -0.4 is 11.1 Å². The second-order valence-corrected chi connectivity index (χ2v) is 4.68. The third-order valence-corrected chi connectivity index (χ3v) is 3.18. The van der Waals surface area contributed by atoms with Crippen LogP contribution in [0.15, 0.2) is 36.7 Å². The maximum Gasteiger partial charge on any atom is 0.123 e. The van der Waals surface area contributed by atoms with Crippen LogP contribution >= 0.6 is 0 Å². The number of aryl methyl sites for hydroxylation is 1. The van der Waals surface area contributed by atoms with Crippen LogP contribution in [0, 0.1) is 12.7 Å². The first-order chi connectivity index (χ1) is 9.10. The minimum absolute atomic E-state index is 0.0147. The van der Waals surface area contributed by atoms with E-state index >= 15 is 0 Å². The van der Waals surface area contributed by atoms with Crippen LogP contribution in [0.1, 0.15) is 22.7 Å². The molecule has 0 saturated heterocycles. The van der Waals surface area contributed by atoms with E-state index in [1.807, 2.05) is 20.0 Å². The van der Waals surface area contributed by atoms with Gasteiger partial charge in [0.25, 0.3) is 0 Å². The SMILES string of the molecule is CNC(Cc1cnccc1N)c1cc(C)cc(F)c1. The predicted molar refractivity (Wildman–Crippen MR) is 75.3 cm³/mol. The van der Waals surface area contributed by atoms with Gasteiger partial charge in [-0.3, -0.25) is 4.98 Å². The lowest BCUT2D eigenvalue weighted by atomic mass is 9.97. The Balaban J connectivity index is 2.28. The Kier molecular flexibility index (Phi) is 4.12. The Morgan fingerprint density at radius 1 is 1.37 bits per heavy atom. The molecule has 0 aliphatic rings. The predicted octanol–water partition coefficient (Wildman–Crippen LogP) is 2.61. The average molecular weight is 259 g/mol. The van der Waals surface area contributed by atoms with Crippen molar-refractivity contribution in [2.75, 3.05) is 12.8 Å². The van der Waals surface area contributed by atoms with Crippen molar-refractivity contribution >= 4 is 5.69 Å². The van der Waals surface area contributed by atoms with Gasteiger partial charge in [0.05, 0.1) is 0 Å². The van der Waals surface area contributed by atoms with Crippen LogP contribution in [0.4, 0.5) is 10.1 Å². The Hall–Kier alpha value is -1.94. The average Bonchev–Trinajstić information content (AvgIpc) is 2.36. The van der Waals surface area contributed by atoms with E-state index in [9.17, 15) is 4.39 Å². The Bertz CT molecular complexity index is 549. The van der Waals surface area contributed by atoms with Crippen molar-refractivity contribution in [2.45, 2.75) is 19.4 Å². The summed E-state index contributed by atoms with van der Waals surface area (Å²) in [5.41, 5.74) is 9.42. The number of nitrogens with zero attached hydrogens (tertiary/aromatic N) is 1. The van der Waals surface area contributed by atoms with Crippen LogP contribution in [0.3, 0.4) is 0 Å². The zero-order valence-corrected chi connectivity index (χ0v) is 11.2. The summed E-state index contributed by atoms with van der Waals surface area (Å²) in [6, 6.07) is 6.85. The second-order valence-electron chi connectivity index (χ2n) is 4.68. The number of nitrogens with one attached hydrogen (secondary N) is 1. The molecule has 1 aromatic carbocycles. The van der Waals surface area contributed by atoms with E-state index in [0.717, 1.165) is 16.7 Å². The van der Waals surface area contributed by atoms with E-state index in [2.05, 4.69) is 10.3 Å². The van der Waals surface area contributed by atoms with Crippen molar-refractivity contribution in [3.63, 3.8) is 0 Å². The lowest BCUT2D eigenvalue weighted by Gasteiger charge is -2.18. The Labute approximate surface area is 112 Å². The quantitative estimate of drug-likeness (QED) is 0.887. The van der Waals surface area contributed by atoms with Gasteiger partial charge in [-0.1, -0.05) is 6.07 Å². The molecule has 1 unspecified atom stereocenters. The standard InChI is InChI=1S/C15H18FN3/c1-10-5-11(7-13(16)6-10)15(18-2)8-12-9-19-4-3-14(12)17/h3-7,9,15,18H,8H2,1-2H3,(H2,17,19). The van der Waals surface area contributed by atoms with Gasteiger partial charge in [0.15, 0.2) is 0 Å². The largest absolute Gasteiger partial charge is 0.398 e. The molecule has 0 spiro atoms. The monoisotopic (exact) mass is 259 g/mol. The highest BCUT2D eigenvalue weighted by atomic mass is 19.1. The van der Waals surface area contributed by atoms with Gasteiger partial charge < -0.3 is 11.1 Å². The van der Waals surface area contributed by atoms with E-state index in [-0.39, 0.29) is 11.9 Å². The molecule has 1 aromatic heterocycles. The molecule has 0 bridgehead atoms. The van der Waals surface area contributed by atoms with Crippen molar-refractivity contribution in [3.8, 4) is 0 Å². The van der Waals surface area contributed by atoms with Crippen LogP contribution in [-0.2, 0) is 6.42 Å². The van der Waals surface area contributed by atoms with Gasteiger partial charge in [-0.25, -0.2) is 4.39 Å². The summed E-state index contributed by atoms with van der Waals surface area (Å²) in [4.78, 5) is 4.08. The van der Waals surface area contributed by atoms with Crippen molar-refractivity contribution in [1.82, 2.24) is 10.3 Å². The maximum absolute atomic E-state index is 13.5. The number of benzene rings is 1. The molecule has 0 fully saturated rings. The van der Waals surface area contributed by atoms with Crippen LogP contribution in [0.25, 0.3) is 0 Å². The Morgan fingerprint density at radius 2 is 2.16 bits per heavy atom. The number of anilines is 1. The van der Waals surface area contributed by atoms with Gasteiger partial charge in [-0.05, 0) is 55.3 Å². The molecule has 0 saturated carbocycles. The highest BCUT2D eigenvalue weighted by molar-refractivity contribution is 5.45. The van der Waals surface area contributed by atoms with Crippen molar-refractivity contribution in [3.05, 3.63) is 59.2 Å². The highest BCUT2D eigenvalue weighted by Gasteiger charge is 2.13. The molecule has 3 nitrogen and oxygen atoms in total. The number of likely N-dealkylation sites (N-methyl/N-ethyl adjacent to an activating group) is 1. The summed E-state index contributed by atoms with van der Waals surface area (Å²) in [6.07, 6.45) is 4.10. The molecule has 1 heterocycles. The number of pyridine rings is 1. The van der Waals surface area contributed by atoms with Crippen LogP contribution in [0.5, 0.6) is 0 Å². The smallest absolute Gasteiger partial charge is 0.123 e. The number of aromatic nitrogens is 1. The lowest BCUT2D eigenvalue weighted by molar-refractivity contribution is 0.576. The van der Waals surface area contributed by atoms with Gasteiger partial charge in [0, 0.05) is 24.1 Å². The first-order valence-electron chi connectivity index (χ1n) is 6.23. The summed E-state index contributed by atoms with van der Waals surface area (Å²) < 4.78 is 13.5. The van der Waals surface area contributed by atoms with E-state index in [1.165, 1.54) is 6.07 Å². The molecule has 2 rings (SSSR count). The van der Waals surface area contributed by atoms with Crippen LogP contribution in [-0.4, -0.2) is 12.0 Å². The molecule has 4 heteroatoms. The van der Waals surface area contributed by atoms with Gasteiger partial charge in [0.1, 0.15) is 5.82 Å². The number of hydrogen-bond acceptors (Lipinski definition) is 3. The molecule has 0 aliphatic carbocycles. The number of rotatable bonds is 4. The summed E-state index contributed by atoms with van der Waals surface area (Å²) >= 11 is 0. The molecule has 1 atom stereocenters. The molecular formula is C15H18FN3. The van der Waals surface area contributed by atoms with Crippen molar-refractivity contribution in [2.24, 2.45) is 0 Å². The van der Waals surface area contributed by atoms with Crippen LogP contribution in [0.2, 0.25) is 0 Å². The fourth-order valence-electron chi connectivity index (χ4n) is 2.18.